The Morgan fingerprint density at radius 1 is 1.26 bits per heavy atom. The van der Waals surface area contributed by atoms with Gasteiger partial charge in [0.2, 0.25) is 0 Å². The molecule has 2 amide bonds. The summed E-state index contributed by atoms with van der Waals surface area (Å²) in [5, 5.41) is 9.43. The zero-order chi connectivity index (χ0) is 19.6. The van der Waals surface area contributed by atoms with E-state index >= 15 is 0 Å². The molecule has 1 N–H and O–H groups in total. The molecule has 3 atom stereocenters. The molecular formula is C15H21N2NaO8S. The summed E-state index contributed by atoms with van der Waals surface area (Å²) in [6, 6.07) is -1.32. The Morgan fingerprint density at radius 3 is 2.33 bits per heavy atom. The van der Waals surface area contributed by atoms with E-state index in [0.717, 1.165) is 11.2 Å². The first kappa shape index (κ1) is 22.0. The third kappa shape index (κ3) is 3.96. The van der Waals surface area contributed by atoms with Gasteiger partial charge >= 0.3 is 51.7 Å². The van der Waals surface area contributed by atoms with Gasteiger partial charge in [0.1, 0.15) is 11.6 Å². The number of amides is 2. The molecule has 146 valence electrons. The minimum atomic E-state index is -3.96. The van der Waals surface area contributed by atoms with Gasteiger partial charge in [-0.15, -0.1) is 0 Å². The SMILES string of the molecule is CC(C)(C)OC(=O)N1C[C@H]2CC(OS(C)(=O)=O)=C(C(=O)O)N3C(=O)[C@@H]1[C@@H]23.[NaH]. The van der Waals surface area contributed by atoms with Gasteiger partial charge in [-0.1, -0.05) is 0 Å². The third-order valence-corrected chi connectivity index (χ3v) is 4.90. The van der Waals surface area contributed by atoms with E-state index in [1.54, 1.807) is 20.8 Å². The molecule has 3 aliphatic heterocycles. The second kappa shape index (κ2) is 6.94. The Hall–Kier alpha value is -1.30. The minimum absolute atomic E-state index is 0. The number of ether oxygens (including phenoxy) is 1. The number of hydrogen-bond acceptors (Lipinski definition) is 7. The fourth-order valence-corrected chi connectivity index (χ4v) is 4.17. The van der Waals surface area contributed by atoms with Gasteiger partial charge in [-0.25, -0.2) is 9.59 Å². The van der Waals surface area contributed by atoms with E-state index in [1.165, 1.54) is 4.90 Å². The van der Waals surface area contributed by atoms with Gasteiger partial charge in [-0.3, -0.25) is 14.6 Å². The number of allylic oxidation sites excluding steroid dienone is 1. The van der Waals surface area contributed by atoms with Crippen LogP contribution in [0.15, 0.2) is 11.5 Å². The van der Waals surface area contributed by atoms with E-state index in [4.69, 9.17) is 8.92 Å². The Labute approximate surface area is 178 Å². The van der Waals surface area contributed by atoms with Crippen molar-refractivity contribution in [1.82, 2.24) is 9.80 Å². The monoisotopic (exact) mass is 412 g/mol. The van der Waals surface area contributed by atoms with Gasteiger partial charge < -0.3 is 14.0 Å². The molecule has 3 heterocycles. The number of carbonyl (C=O) groups is 3. The molecule has 0 unspecified atom stereocenters. The molecule has 12 heteroatoms. The van der Waals surface area contributed by atoms with Crippen molar-refractivity contribution >= 4 is 57.6 Å². The molecule has 3 aliphatic rings. The first-order valence-corrected chi connectivity index (χ1v) is 9.80. The zero-order valence-corrected chi connectivity index (χ0v) is 15.6. The normalized spacial score (nSPS) is 26.8. The molecule has 3 rings (SSSR count). The molecular weight excluding hydrogens is 391 g/mol. The first-order valence-electron chi connectivity index (χ1n) is 7.99. The van der Waals surface area contributed by atoms with Crippen molar-refractivity contribution in [2.24, 2.45) is 5.92 Å². The number of hydrogen-bond donors (Lipinski definition) is 1. The van der Waals surface area contributed by atoms with Crippen LogP contribution in [0.3, 0.4) is 0 Å². The molecule has 2 fully saturated rings. The van der Waals surface area contributed by atoms with E-state index in [-0.39, 0.29) is 54.2 Å². The van der Waals surface area contributed by atoms with Crippen LogP contribution in [0, 0.1) is 5.92 Å². The van der Waals surface area contributed by atoms with E-state index in [0.29, 0.717) is 0 Å². The number of nitrogens with zero attached hydrogens (tertiary/aromatic N) is 2. The Bertz CT molecular complexity index is 831. The van der Waals surface area contributed by atoms with Gasteiger partial charge in [-0.2, -0.15) is 8.42 Å². The summed E-state index contributed by atoms with van der Waals surface area (Å²) in [6.45, 7) is 5.25. The van der Waals surface area contributed by atoms with Crippen LogP contribution in [-0.2, 0) is 28.6 Å². The first-order chi connectivity index (χ1) is 11.8. The number of rotatable bonds is 3. The number of carboxylic acids is 1. The van der Waals surface area contributed by atoms with Crippen molar-refractivity contribution in [3.05, 3.63) is 11.5 Å². The fraction of sp³-hybridized carbons (Fsp3) is 0.667. The van der Waals surface area contributed by atoms with Crippen LogP contribution < -0.4 is 0 Å². The molecule has 10 nitrogen and oxygen atoms in total. The third-order valence-electron chi connectivity index (χ3n) is 4.40. The summed E-state index contributed by atoms with van der Waals surface area (Å²) in [5.74, 6) is -2.66. The predicted molar refractivity (Wildman–Crippen MR) is 93.2 cm³/mol. The Morgan fingerprint density at radius 2 is 1.85 bits per heavy atom. The average Bonchev–Trinajstić information content (AvgIpc) is 2.78. The maximum atomic E-state index is 12.5. The van der Waals surface area contributed by atoms with Crippen molar-refractivity contribution < 1.29 is 36.8 Å². The van der Waals surface area contributed by atoms with Gasteiger partial charge in [0.25, 0.3) is 5.91 Å². The van der Waals surface area contributed by atoms with E-state index in [2.05, 4.69) is 0 Å². The number of carboxylic acid groups (broad SMARTS) is 1. The van der Waals surface area contributed by atoms with Crippen LogP contribution in [0.2, 0.25) is 0 Å². The number of likely N-dealkylation sites (tertiary alicyclic amines) is 1. The molecule has 0 aliphatic carbocycles. The molecule has 0 bridgehead atoms. The summed E-state index contributed by atoms with van der Waals surface area (Å²) in [5.41, 5.74) is -1.23. The van der Waals surface area contributed by atoms with Gasteiger partial charge in [0.15, 0.2) is 11.5 Å². The average molecular weight is 412 g/mol. The van der Waals surface area contributed by atoms with Crippen LogP contribution in [0.5, 0.6) is 0 Å². The van der Waals surface area contributed by atoms with Crippen LogP contribution in [0.4, 0.5) is 4.79 Å². The van der Waals surface area contributed by atoms with Gasteiger partial charge in [0.05, 0.1) is 12.3 Å². The topological polar surface area (TPSA) is 131 Å². The molecule has 0 aromatic carbocycles. The number of β-lactam (4-membered cyclic amide) rings is 1. The zero-order valence-electron chi connectivity index (χ0n) is 14.8. The van der Waals surface area contributed by atoms with Crippen LogP contribution in [0.25, 0.3) is 0 Å². The molecule has 27 heavy (non-hydrogen) atoms. The van der Waals surface area contributed by atoms with Crippen molar-refractivity contribution in [3.8, 4) is 0 Å². The van der Waals surface area contributed by atoms with E-state index in [9.17, 15) is 27.9 Å². The molecule has 0 saturated carbocycles. The fourth-order valence-electron chi connectivity index (χ4n) is 3.66. The summed E-state index contributed by atoms with van der Waals surface area (Å²) < 4.78 is 33.0. The Balaban J connectivity index is 0.00000261. The maximum absolute atomic E-state index is 12.5. The Kier molecular flexibility index (Phi) is 5.66. The molecule has 0 radical (unpaired) electrons. The van der Waals surface area contributed by atoms with Crippen molar-refractivity contribution in [2.75, 3.05) is 12.8 Å². The predicted octanol–water partition coefficient (Wildman–Crippen LogP) is -0.540. The standard InChI is InChI=1S/C15H20N2O8S.Na.H/c1-15(2,3)24-14(21)16-6-7-5-8(25-26(4,22)23)10(13(19)20)17-9(7)11(16)12(17)18;;/h7,9,11H,5-6H2,1-4H3,(H,19,20);;/t7-,9-,11+;;/m1../s1. The summed E-state index contributed by atoms with van der Waals surface area (Å²) in [7, 11) is -3.96. The van der Waals surface area contributed by atoms with E-state index in [1.807, 2.05) is 0 Å². The van der Waals surface area contributed by atoms with Crippen LogP contribution in [-0.4, -0.2) is 101 Å². The van der Waals surface area contributed by atoms with E-state index < -0.39 is 51.5 Å². The second-order valence-corrected chi connectivity index (χ2v) is 9.18. The van der Waals surface area contributed by atoms with Crippen LogP contribution in [0.1, 0.15) is 27.2 Å². The van der Waals surface area contributed by atoms with Crippen molar-refractivity contribution in [2.45, 2.75) is 44.9 Å². The summed E-state index contributed by atoms with van der Waals surface area (Å²) in [6.07, 6.45) is 0.139. The molecule has 0 aromatic heterocycles. The number of aliphatic carboxylic acids is 1. The second-order valence-electron chi connectivity index (χ2n) is 7.60. The molecule has 0 spiro atoms. The molecule has 2 saturated heterocycles. The molecule has 0 aromatic rings. The van der Waals surface area contributed by atoms with Crippen molar-refractivity contribution in [1.29, 1.82) is 0 Å². The number of carbonyl (C=O) groups excluding carboxylic acids is 2. The van der Waals surface area contributed by atoms with Gasteiger partial charge in [-0.05, 0) is 20.8 Å². The summed E-state index contributed by atoms with van der Waals surface area (Å²) in [4.78, 5) is 38.8. The van der Waals surface area contributed by atoms with Gasteiger partial charge in [0, 0.05) is 18.9 Å². The van der Waals surface area contributed by atoms with Crippen molar-refractivity contribution in [3.63, 3.8) is 0 Å². The quantitative estimate of drug-likeness (QED) is 0.372. The van der Waals surface area contributed by atoms with Crippen LogP contribution >= 0.6 is 0 Å². The summed E-state index contributed by atoms with van der Waals surface area (Å²) >= 11 is 0.